The van der Waals surface area contributed by atoms with E-state index in [1.54, 1.807) is 19.1 Å². The fraction of sp³-hybridized carbons (Fsp3) is 0.316. The molecule has 0 aliphatic heterocycles. The number of ether oxygens (including phenoxy) is 1. The van der Waals surface area contributed by atoms with Crippen LogP contribution >= 0.6 is 0 Å². The molecule has 0 heterocycles. The zero-order chi connectivity index (χ0) is 17.1. The van der Waals surface area contributed by atoms with Crippen LogP contribution < -0.4 is 15.8 Å². The second-order valence-corrected chi connectivity index (χ2v) is 6.22. The first-order valence-corrected chi connectivity index (χ1v) is 8.05. The van der Waals surface area contributed by atoms with E-state index in [1.165, 1.54) is 17.7 Å². The summed E-state index contributed by atoms with van der Waals surface area (Å²) in [5.74, 6) is 0.614. The Balaban J connectivity index is 1.51. The molecule has 4 nitrogen and oxygen atoms in total. The van der Waals surface area contributed by atoms with Crippen LogP contribution in [0.2, 0.25) is 0 Å². The molecule has 5 heteroatoms. The minimum atomic E-state index is -0.329. The van der Waals surface area contributed by atoms with Crippen LogP contribution in [0.5, 0.6) is 5.75 Å². The van der Waals surface area contributed by atoms with Gasteiger partial charge in [-0.25, -0.2) is 4.39 Å². The Morgan fingerprint density at radius 2 is 1.92 bits per heavy atom. The van der Waals surface area contributed by atoms with E-state index in [4.69, 9.17) is 10.5 Å². The molecule has 126 valence electrons. The lowest BCUT2D eigenvalue weighted by Crippen LogP contribution is -2.40. The number of rotatable bonds is 7. The Kier molecular flexibility index (Phi) is 4.81. The molecule has 0 spiro atoms. The molecular weight excluding hydrogens is 307 g/mol. The number of benzene rings is 2. The highest BCUT2D eigenvalue weighted by Gasteiger charge is 2.39. The molecule has 3 N–H and O–H groups in total. The first kappa shape index (κ1) is 16.5. The highest BCUT2D eigenvalue weighted by molar-refractivity contribution is 5.79. The summed E-state index contributed by atoms with van der Waals surface area (Å²) in [5.41, 5.74) is 7.41. The van der Waals surface area contributed by atoms with Crippen molar-refractivity contribution < 1.29 is 13.9 Å². The topological polar surface area (TPSA) is 64.3 Å². The predicted molar refractivity (Wildman–Crippen MR) is 90.1 cm³/mol. The van der Waals surface area contributed by atoms with Gasteiger partial charge in [-0.3, -0.25) is 4.79 Å². The van der Waals surface area contributed by atoms with E-state index in [0.717, 1.165) is 17.7 Å². The van der Waals surface area contributed by atoms with Crippen molar-refractivity contribution in [2.75, 3.05) is 0 Å². The van der Waals surface area contributed by atoms with E-state index in [1.807, 2.05) is 24.3 Å². The summed E-state index contributed by atoms with van der Waals surface area (Å²) in [4.78, 5) is 11.1. The zero-order valence-corrected chi connectivity index (χ0v) is 13.5. The number of primary amides is 1. The lowest BCUT2D eigenvalue weighted by Gasteiger charge is -2.10. The number of halogens is 1. The van der Waals surface area contributed by atoms with Gasteiger partial charge in [-0.15, -0.1) is 0 Å². The predicted octanol–water partition coefficient (Wildman–Crippen LogP) is 2.72. The number of nitrogens with one attached hydrogen (secondary N) is 1. The third-order valence-electron chi connectivity index (χ3n) is 4.31. The van der Waals surface area contributed by atoms with E-state index in [-0.39, 0.29) is 17.8 Å². The molecule has 1 fully saturated rings. The van der Waals surface area contributed by atoms with E-state index in [2.05, 4.69) is 5.32 Å². The second-order valence-electron chi connectivity index (χ2n) is 6.22. The molecule has 3 atom stereocenters. The molecule has 3 unspecified atom stereocenters. The fourth-order valence-corrected chi connectivity index (χ4v) is 2.71. The molecule has 0 saturated heterocycles. The number of amides is 1. The minimum Gasteiger partial charge on any atom is -0.489 e. The summed E-state index contributed by atoms with van der Waals surface area (Å²) in [7, 11) is 0. The SMILES string of the molecule is CC(NC1CC1c1ccc(OCc2ccc(F)cc2)cc1)C(N)=O. The highest BCUT2D eigenvalue weighted by atomic mass is 19.1. The van der Waals surface area contributed by atoms with Crippen molar-refractivity contribution in [1.82, 2.24) is 5.32 Å². The van der Waals surface area contributed by atoms with Crippen molar-refractivity contribution in [3.8, 4) is 5.75 Å². The lowest BCUT2D eigenvalue weighted by atomic mass is 10.1. The first-order chi connectivity index (χ1) is 11.5. The lowest BCUT2D eigenvalue weighted by molar-refractivity contribution is -0.119. The largest absolute Gasteiger partial charge is 0.489 e. The molecule has 1 saturated carbocycles. The van der Waals surface area contributed by atoms with E-state index < -0.39 is 0 Å². The quantitative estimate of drug-likeness (QED) is 0.821. The summed E-state index contributed by atoms with van der Waals surface area (Å²) < 4.78 is 18.6. The summed E-state index contributed by atoms with van der Waals surface area (Å²) in [5, 5.41) is 3.23. The van der Waals surface area contributed by atoms with Gasteiger partial charge in [0.1, 0.15) is 18.2 Å². The monoisotopic (exact) mass is 328 g/mol. The number of carbonyl (C=O) groups excluding carboxylic acids is 1. The first-order valence-electron chi connectivity index (χ1n) is 8.05. The van der Waals surface area contributed by atoms with Crippen LogP contribution in [0, 0.1) is 5.82 Å². The summed E-state index contributed by atoms with van der Waals surface area (Å²) in [6.45, 7) is 2.19. The zero-order valence-electron chi connectivity index (χ0n) is 13.5. The number of hydrogen-bond acceptors (Lipinski definition) is 3. The second kappa shape index (κ2) is 7.01. The van der Waals surface area contributed by atoms with Crippen LogP contribution in [0.15, 0.2) is 48.5 Å². The Morgan fingerprint density at radius 3 is 2.54 bits per heavy atom. The molecule has 1 amide bonds. The Bertz CT molecular complexity index is 700. The summed E-state index contributed by atoms with van der Waals surface area (Å²) in [6, 6.07) is 14.2. The van der Waals surface area contributed by atoms with Crippen LogP contribution in [0.1, 0.15) is 30.4 Å². The molecule has 2 aromatic rings. The Labute approximate surface area is 140 Å². The van der Waals surface area contributed by atoms with Gasteiger partial charge in [0.05, 0.1) is 6.04 Å². The van der Waals surface area contributed by atoms with Crippen molar-refractivity contribution >= 4 is 5.91 Å². The summed E-state index contributed by atoms with van der Waals surface area (Å²) in [6.07, 6.45) is 1.01. The van der Waals surface area contributed by atoms with Crippen molar-refractivity contribution in [3.63, 3.8) is 0 Å². The number of carbonyl (C=O) groups is 1. The van der Waals surface area contributed by atoms with Crippen molar-refractivity contribution in [2.45, 2.75) is 38.0 Å². The number of hydrogen-bond donors (Lipinski definition) is 2. The van der Waals surface area contributed by atoms with Crippen molar-refractivity contribution in [2.24, 2.45) is 5.73 Å². The third kappa shape index (κ3) is 4.11. The van der Waals surface area contributed by atoms with Crippen molar-refractivity contribution in [1.29, 1.82) is 0 Å². The average molecular weight is 328 g/mol. The van der Waals surface area contributed by atoms with Crippen molar-refractivity contribution in [3.05, 3.63) is 65.5 Å². The maximum Gasteiger partial charge on any atom is 0.234 e. The van der Waals surface area contributed by atoms with Gasteiger partial charge in [0.2, 0.25) is 5.91 Å². The van der Waals surface area contributed by atoms with Crippen LogP contribution in [-0.4, -0.2) is 18.0 Å². The molecule has 0 radical (unpaired) electrons. The number of nitrogens with two attached hydrogens (primary N) is 1. The molecule has 0 bridgehead atoms. The minimum absolute atomic E-state index is 0.249. The standard InChI is InChI=1S/C19H21FN2O2/c1-12(19(21)23)22-18-10-17(18)14-4-8-16(9-5-14)24-11-13-2-6-15(20)7-3-13/h2-9,12,17-18,22H,10-11H2,1H3,(H2,21,23). The normalized spacial score (nSPS) is 20.4. The van der Waals surface area contributed by atoms with Crippen LogP contribution in [0.25, 0.3) is 0 Å². The van der Waals surface area contributed by atoms with Gasteiger partial charge in [0.15, 0.2) is 0 Å². The smallest absolute Gasteiger partial charge is 0.234 e. The van der Waals surface area contributed by atoms with Gasteiger partial charge < -0.3 is 15.8 Å². The Morgan fingerprint density at radius 1 is 1.25 bits per heavy atom. The maximum atomic E-state index is 12.9. The van der Waals surface area contributed by atoms with Gasteiger partial charge in [0.25, 0.3) is 0 Å². The van der Waals surface area contributed by atoms with Gasteiger partial charge in [-0.1, -0.05) is 24.3 Å². The third-order valence-corrected chi connectivity index (χ3v) is 4.31. The van der Waals surface area contributed by atoms with Gasteiger partial charge in [-0.05, 0) is 48.7 Å². The Hall–Kier alpha value is -2.40. The average Bonchev–Trinajstić information content (AvgIpc) is 3.34. The molecule has 2 aromatic carbocycles. The van der Waals surface area contributed by atoms with Gasteiger partial charge >= 0.3 is 0 Å². The molecule has 0 aromatic heterocycles. The molecule has 1 aliphatic rings. The fourth-order valence-electron chi connectivity index (χ4n) is 2.71. The van der Waals surface area contributed by atoms with Gasteiger partial charge in [-0.2, -0.15) is 0 Å². The summed E-state index contributed by atoms with van der Waals surface area (Å²) >= 11 is 0. The van der Waals surface area contributed by atoms with E-state index in [9.17, 15) is 9.18 Å². The molecule has 24 heavy (non-hydrogen) atoms. The van der Waals surface area contributed by atoms with Gasteiger partial charge in [0, 0.05) is 12.0 Å². The van der Waals surface area contributed by atoms with E-state index >= 15 is 0 Å². The highest BCUT2D eigenvalue weighted by Crippen LogP contribution is 2.41. The molecule has 1 aliphatic carbocycles. The van der Waals surface area contributed by atoms with E-state index in [0.29, 0.717) is 18.6 Å². The molecule has 3 rings (SSSR count). The maximum absolute atomic E-state index is 12.9. The van der Waals surface area contributed by atoms with Crippen LogP contribution in [0.3, 0.4) is 0 Å². The molecular formula is C19H21FN2O2. The van der Waals surface area contributed by atoms with Crippen LogP contribution in [-0.2, 0) is 11.4 Å². The van der Waals surface area contributed by atoms with Crippen LogP contribution in [0.4, 0.5) is 4.39 Å².